The van der Waals surface area contributed by atoms with E-state index in [9.17, 15) is 4.79 Å². The number of aryl methyl sites for hydroxylation is 1. The molecule has 26 heavy (non-hydrogen) atoms. The molecular weight excluding hydrogens is 370 g/mol. The molecule has 3 aromatic rings. The van der Waals surface area contributed by atoms with E-state index in [4.69, 9.17) is 11.6 Å². The quantitative estimate of drug-likeness (QED) is 0.659. The van der Waals surface area contributed by atoms with Crippen molar-refractivity contribution in [2.45, 2.75) is 19.4 Å². The molecule has 2 amide bonds. The van der Waals surface area contributed by atoms with Crippen LogP contribution in [0, 0.1) is 6.92 Å². The molecule has 0 aliphatic rings. The number of carbonyl (C=O) groups is 1. The second-order valence-corrected chi connectivity index (χ2v) is 7.28. The summed E-state index contributed by atoms with van der Waals surface area (Å²) in [6, 6.07) is 10.6. The minimum Gasteiger partial charge on any atom is -0.328 e. The highest BCUT2D eigenvalue weighted by molar-refractivity contribution is 7.98. The van der Waals surface area contributed by atoms with E-state index < -0.39 is 0 Å². The van der Waals surface area contributed by atoms with Gasteiger partial charge in [-0.1, -0.05) is 23.7 Å². The van der Waals surface area contributed by atoms with E-state index in [1.165, 1.54) is 0 Å². The predicted octanol–water partition coefficient (Wildman–Crippen LogP) is 4.31. The molecule has 0 aliphatic heterocycles. The summed E-state index contributed by atoms with van der Waals surface area (Å²) in [4.78, 5) is 12.5. The Labute approximate surface area is 161 Å². The number of halogens is 1. The van der Waals surface area contributed by atoms with Crippen molar-refractivity contribution < 1.29 is 4.79 Å². The van der Waals surface area contributed by atoms with Gasteiger partial charge in [-0.3, -0.25) is 4.40 Å². The van der Waals surface area contributed by atoms with Gasteiger partial charge in [0, 0.05) is 16.9 Å². The number of hydrogen-bond donors (Lipinski definition) is 2. The minimum absolute atomic E-state index is 0.249. The summed E-state index contributed by atoms with van der Waals surface area (Å²) in [7, 11) is 0. The first kappa shape index (κ1) is 18.5. The normalized spacial score (nSPS) is 12.1. The van der Waals surface area contributed by atoms with Crippen molar-refractivity contribution in [3.8, 4) is 0 Å². The molecule has 1 atom stereocenters. The number of rotatable bonds is 6. The number of fused-ring (bicyclic) bond motifs is 1. The van der Waals surface area contributed by atoms with Crippen LogP contribution in [-0.4, -0.2) is 32.6 Å². The van der Waals surface area contributed by atoms with Crippen LogP contribution in [-0.2, 0) is 0 Å². The number of carbonyl (C=O) groups excluding carboxylic acids is 1. The summed E-state index contributed by atoms with van der Waals surface area (Å²) in [5.74, 6) is 1.61. The summed E-state index contributed by atoms with van der Waals surface area (Å²) in [6.45, 7) is 1.92. The predicted molar refractivity (Wildman–Crippen MR) is 107 cm³/mol. The Hall–Kier alpha value is -2.25. The Bertz CT molecular complexity index is 913. The second kappa shape index (κ2) is 8.42. The largest absolute Gasteiger partial charge is 0.328 e. The first-order valence-corrected chi connectivity index (χ1v) is 9.98. The zero-order valence-electron chi connectivity index (χ0n) is 14.6. The van der Waals surface area contributed by atoms with E-state index >= 15 is 0 Å². The molecule has 2 aromatic heterocycles. The third kappa shape index (κ3) is 4.28. The molecule has 0 aliphatic carbocycles. The molecule has 3 rings (SSSR count). The van der Waals surface area contributed by atoms with Crippen molar-refractivity contribution in [2.24, 2.45) is 0 Å². The lowest BCUT2D eigenvalue weighted by atomic mass is 10.2. The molecule has 0 radical (unpaired) electrons. The van der Waals surface area contributed by atoms with Crippen LogP contribution in [0.25, 0.3) is 5.65 Å². The van der Waals surface area contributed by atoms with Gasteiger partial charge in [0.15, 0.2) is 11.5 Å². The molecular formula is C18H20ClN5OS. The van der Waals surface area contributed by atoms with Gasteiger partial charge in [-0.25, -0.2) is 4.79 Å². The standard InChI is InChI=1S/C18H20ClN5OS/c1-12-6-7-13(11-14(12)19)20-18(25)21-15(8-10-26-2)17-23-22-16-5-3-4-9-24(16)17/h3-7,9,11,15H,8,10H2,1-2H3,(H2,20,21,25)/t15-/m1/s1. The summed E-state index contributed by atoms with van der Waals surface area (Å²) < 4.78 is 1.90. The SMILES string of the molecule is CSCC[C@@H](NC(=O)Nc1ccc(C)c(Cl)c1)c1nnc2ccccn12. The van der Waals surface area contributed by atoms with Crippen molar-refractivity contribution in [1.82, 2.24) is 19.9 Å². The van der Waals surface area contributed by atoms with E-state index in [1.54, 1.807) is 17.8 Å². The maximum atomic E-state index is 12.5. The number of thioether (sulfide) groups is 1. The zero-order valence-corrected chi connectivity index (χ0v) is 16.1. The van der Waals surface area contributed by atoms with E-state index in [1.807, 2.05) is 54.1 Å². The Morgan fingerprint density at radius 1 is 1.31 bits per heavy atom. The maximum Gasteiger partial charge on any atom is 0.319 e. The fourth-order valence-electron chi connectivity index (χ4n) is 2.60. The number of pyridine rings is 1. The Balaban J connectivity index is 1.77. The molecule has 0 saturated carbocycles. The molecule has 136 valence electrons. The third-order valence-electron chi connectivity index (χ3n) is 4.00. The van der Waals surface area contributed by atoms with Crippen LogP contribution in [0.3, 0.4) is 0 Å². The van der Waals surface area contributed by atoms with Crippen LogP contribution in [0.1, 0.15) is 23.9 Å². The van der Waals surface area contributed by atoms with Crippen molar-refractivity contribution >= 4 is 40.7 Å². The summed E-state index contributed by atoms with van der Waals surface area (Å²) in [5.41, 5.74) is 2.36. The molecule has 2 heterocycles. The van der Waals surface area contributed by atoms with Crippen LogP contribution in [0.2, 0.25) is 5.02 Å². The number of hydrogen-bond acceptors (Lipinski definition) is 4. The maximum absolute atomic E-state index is 12.5. The third-order valence-corrected chi connectivity index (χ3v) is 5.05. The van der Waals surface area contributed by atoms with Crippen molar-refractivity contribution in [3.05, 3.63) is 59.0 Å². The van der Waals surface area contributed by atoms with Gasteiger partial charge in [-0.2, -0.15) is 11.8 Å². The molecule has 2 N–H and O–H groups in total. The molecule has 1 aromatic carbocycles. The molecule has 0 unspecified atom stereocenters. The topological polar surface area (TPSA) is 71.3 Å². The molecule has 0 saturated heterocycles. The molecule has 6 nitrogen and oxygen atoms in total. The number of anilines is 1. The van der Waals surface area contributed by atoms with E-state index in [0.717, 1.165) is 23.4 Å². The van der Waals surface area contributed by atoms with E-state index in [-0.39, 0.29) is 12.1 Å². The smallest absolute Gasteiger partial charge is 0.319 e. The van der Waals surface area contributed by atoms with E-state index in [0.29, 0.717) is 16.5 Å². The summed E-state index contributed by atoms with van der Waals surface area (Å²) >= 11 is 7.84. The van der Waals surface area contributed by atoms with Gasteiger partial charge in [-0.05, 0) is 55.2 Å². The van der Waals surface area contributed by atoms with Gasteiger partial charge in [0.05, 0.1) is 6.04 Å². The first-order chi connectivity index (χ1) is 12.6. The number of aromatic nitrogens is 3. The number of nitrogens with zero attached hydrogens (tertiary/aromatic N) is 3. The fraction of sp³-hybridized carbons (Fsp3) is 0.278. The Kier molecular flexibility index (Phi) is 6.00. The molecule has 8 heteroatoms. The van der Waals surface area contributed by atoms with Crippen molar-refractivity contribution in [2.75, 3.05) is 17.3 Å². The first-order valence-electron chi connectivity index (χ1n) is 8.20. The number of nitrogens with one attached hydrogen (secondary N) is 2. The number of urea groups is 1. The Morgan fingerprint density at radius 2 is 2.15 bits per heavy atom. The van der Waals surface area contributed by atoms with Gasteiger partial charge in [-0.15, -0.1) is 10.2 Å². The van der Waals surface area contributed by atoms with Crippen LogP contribution in [0.4, 0.5) is 10.5 Å². The lowest BCUT2D eigenvalue weighted by Gasteiger charge is -2.17. The van der Waals surface area contributed by atoms with Crippen molar-refractivity contribution in [3.63, 3.8) is 0 Å². The van der Waals surface area contributed by atoms with E-state index in [2.05, 4.69) is 20.8 Å². The van der Waals surface area contributed by atoms with Gasteiger partial charge in [0.2, 0.25) is 0 Å². The highest BCUT2D eigenvalue weighted by Crippen LogP contribution is 2.21. The summed E-state index contributed by atoms with van der Waals surface area (Å²) in [5, 5.41) is 14.9. The second-order valence-electron chi connectivity index (χ2n) is 5.88. The lowest BCUT2D eigenvalue weighted by molar-refractivity contribution is 0.247. The van der Waals surface area contributed by atoms with Gasteiger partial charge in [0.25, 0.3) is 0 Å². The average molecular weight is 390 g/mol. The van der Waals surface area contributed by atoms with Crippen LogP contribution >= 0.6 is 23.4 Å². The molecule has 0 bridgehead atoms. The van der Waals surface area contributed by atoms with Crippen LogP contribution < -0.4 is 10.6 Å². The Morgan fingerprint density at radius 3 is 2.92 bits per heavy atom. The highest BCUT2D eigenvalue weighted by Gasteiger charge is 2.20. The van der Waals surface area contributed by atoms with Crippen LogP contribution in [0.15, 0.2) is 42.6 Å². The highest BCUT2D eigenvalue weighted by atomic mass is 35.5. The molecule has 0 spiro atoms. The summed E-state index contributed by atoms with van der Waals surface area (Å²) in [6.07, 6.45) is 4.68. The monoisotopic (exact) mass is 389 g/mol. The lowest BCUT2D eigenvalue weighted by Crippen LogP contribution is -2.34. The zero-order chi connectivity index (χ0) is 18.5. The molecule has 0 fully saturated rings. The fourth-order valence-corrected chi connectivity index (χ4v) is 3.25. The van der Waals surface area contributed by atoms with Gasteiger partial charge < -0.3 is 10.6 Å². The van der Waals surface area contributed by atoms with Crippen LogP contribution in [0.5, 0.6) is 0 Å². The van der Waals surface area contributed by atoms with Gasteiger partial charge in [0.1, 0.15) is 0 Å². The number of benzene rings is 1. The minimum atomic E-state index is -0.302. The van der Waals surface area contributed by atoms with Crippen molar-refractivity contribution in [1.29, 1.82) is 0 Å². The average Bonchev–Trinajstić information content (AvgIpc) is 3.06. The number of amides is 2. The van der Waals surface area contributed by atoms with Gasteiger partial charge >= 0.3 is 6.03 Å².